The molecule has 3 nitrogen and oxygen atoms in total. The number of hydrogen-bond acceptors (Lipinski definition) is 2. The summed E-state index contributed by atoms with van der Waals surface area (Å²) in [6.45, 7) is 0.140. The maximum atomic E-state index is 14.5. The van der Waals surface area contributed by atoms with E-state index in [-0.39, 0.29) is 6.61 Å². The van der Waals surface area contributed by atoms with Crippen LogP contribution in [0.2, 0.25) is 0 Å². The highest BCUT2D eigenvalue weighted by molar-refractivity contribution is 6.00. The minimum absolute atomic E-state index is 0.140. The molecule has 0 aromatic heterocycles. The van der Waals surface area contributed by atoms with Crippen LogP contribution in [0.5, 0.6) is 0 Å². The third-order valence-corrected chi connectivity index (χ3v) is 4.79. The van der Waals surface area contributed by atoms with Gasteiger partial charge in [-0.15, -0.1) is 0 Å². The van der Waals surface area contributed by atoms with Crippen molar-refractivity contribution in [3.63, 3.8) is 0 Å². The summed E-state index contributed by atoms with van der Waals surface area (Å²) < 4.78 is 61.4. The number of ether oxygens (including phenoxy) is 1. The third kappa shape index (κ3) is 1.57. The molecule has 124 valence electrons. The molecule has 1 fully saturated rings. The second-order valence-electron chi connectivity index (χ2n) is 5.84. The molecule has 1 amide bonds. The van der Waals surface area contributed by atoms with Crippen LogP contribution in [0.25, 0.3) is 0 Å². The molecule has 2 atom stereocenters. The number of amides is 1. The molecule has 1 saturated heterocycles. The third-order valence-electron chi connectivity index (χ3n) is 4.79. The highest BCUT2D eigenvalue weighted by Crippen LogP contribution is 2.56. The molecule has 24 heavy (non-hydrogen) atoms. The fourth-order valence-electron chi connectivity index (χ4n) is 3.56. The van der Waals surface area contributed by atoms with Crippen LogP contribution in [-0.2, 0) is 10.5 Å². The average molecular weight is 337 g/mol. The molecular formula is C17H11F4NO2. The monoisotopic (exact) mass is 337 g/mol. The highest BCUT2D eigenvalue weighted by atomic mass is 19.2. The Morgan fingerprint density at radius 2 is 1.67 bits per heavy atom. The molecule has 7 heteroatoms. The van der Waals surface area contributed by atoms with E-state index in [0.717, 1.165) is 10.5 Å². The van der Waals surface area contributed by atoms with Crippen LogP contribution >= 0.6 is 0 Å². The normalized spacial score (nSPS) is 25.1. The minimum Gasteiger partial charge on any atom is -0.349 e. The van der Waals surface area contributed by atoms with Crippen LogP contribution < -0.4 is 0 Å². The van der Waals surface area contributed by atoms with E-state index in [9.17, 15) is 22.4 Å². The van der Waals surface area contributed by atoms with Gasteiger partial charge in [0.25, 0.3) is 5.91 Å². The lowest BCUT2D eigenvalue weighted by Gasteiger charge is -2.51. The van der Waals surface area contributed by atoms with E-state index in [1.54, 1.807) is 30.3 Å². The van der Waals surface area contributed by atoms with Crippen molar-refractivity contribution in [2.75, 3.05) is 13.7 Å². The highest BCUT2D eigenvalue weighted by Gasteiger charge is 2.63. The topological polar surface area (TPSA) is 29.5 Å². The van der Waals surface area contributed by atoms with Crippen molar-refractivity contribution in [3.05, 3.63) is 70.3 Å². The first kappa shape index (κ1) is 15.1. The van der Waals surface area contributed by atoms with Crippen molar-refractivity contribution >= 4 is 5.91 Å². The number of fused-ring (bicyclic) bond motifs is 2. The van der Waals surface area contributed by atoms with Crippen LogP contribution in [-0.4, -0.2) is 24.5 Å². The maximum absolute atomic E-state index is 14.5. The molecule has 0 bridgehead atoms. The molecule has 2 aliphatic rings. The first-order valence-electron chi connectivity index (χ1n) is 7.24. The average Bonchev–Trinajstić information content (AvgIpc) is 2.81. The van der Waals surface area contributed by atoms with E-state index in [1.807, 2.05) is 0 Å². The molecule has 2 aromatic rings. The molecular weight excluding hydrogens is 326 g/mol. The molecule has 2 aromatic carbocycles. The number of benzene rings is 2. The first-order chi connectivity index (χ1) is 11.4. The number of carbonyl (C=O) groups is 1. The number of likely N-dealkylation sites (N-methyl/N-ethyl adjacent to an activating group) is 1. The number of hydrogen-bond donors (Lipinski definition) is 0. The smallest absolute Gasteiger partial charge is 0.259 e. The molecule has 0 aliphatic carbocycles. The van der Waals surface area contributed by atoms with Crippen molar-refractivity contribution in [1.29, 1.82) is 0 Å². The van der Waals surface area contributed by atoms with Crippen molar-refractivity contribution in [3.8, 4) is 0 Å². The van der Waals surface area contributed by atoms with E-state index < -0.39 is 51.9 Å². The van der Waals surface area contributed by atoms with Crippen LogP contribution in [0.1, 0.15) is 27.4 Å². The molecule has 0 saturated carbocycles. The van der Waals surface area contributed by atoms with Gasteiger partial charge in [-0.3, -0.25) is 4.79 Å². The second kappa shape index (κ2) is 4.80. The SMILES string of the molecule is CN1C(=O)c2c(F)c(F)c(F)c(F)c2[C@@]12OC[C@H]2c1ccccc1. The van der Waals surface area contributed by atoms with Crippen LogP contribution in [0, 0.1) is 23.3 Å². The predicted molar refractivity (Wildman–Crippen MR) is 75.2 cm³/mol. The Balaban J connectivity index is 2.00. The Bertz CT molecular complexity index is 871. The fourth-order valence-corrected chi connectivity index (χ4v) is 3.56. The Kier molecular flexibility index (Phi) is 3.02. The summed E-state index contributed by atoms with van der Waals surface area (Å²) in [5.41, 5.74) is -2.34. The van der Waals surface area contributed by atoms with Gasteiger partial charge in [0.2, 0.25) is 0 Å². The van der Waals surface area contributed by atoms with Gasteiger partial charge in [0, 0.05) is 7.05 Å². The van der Waals surface area contributed by atoms with Crippen LogP contribution in [0.4, 0.5) is 17.6 Å². The number of halogens is 4. The van der Waals surface area contributed by atoms with Crippen molar-refractivity contribution in [1.82, 2.24) is 4.90 Å². The van der Waals surface area contributed by atoms with Gasteiger partial charge in [0.1, 0.15) is 0 Å². The minimum atomic E-state index is -2.00. The van der Waals surface area contributed by atoms with Gasteiger partial charge in [-0.2, -0.15) is 0 Å². The number of nitrogens with zero attached hydrogens (tertiary/aromatic N) is 1. The van der Waals surface area contributed by atoms with E-state index in [2.05, 4.69) is 0 Å². The Hall–Kier alpha value is -2.41. The molecule has 2 aliphatic heterocycles. The summed E-state index contributed by atoms with van der Waals surface area (Å²) in [6, 6.07) is 8.78. The number of carbonyl (C=O) groups excluding carboxylic acids is 1. The lowest BCUT2D eigenvalue weighted by atomic mass is 9.79. The standard InChI is InChI=1S/C17H11F4NO2/c1-22-16(23)10-11(13(19)15(21)14(20)12(10)18)17(22)9(7-24-17)8-5-3-2-4-6-8/h2-6,9H,7H2,1H3/t9-,17+/m0/s1. The molecule has 4 rings (SSSR count). The molecule has 1 spiro atoms. The molecule has 0 radical (unpaired) electrons. The maximum Gasteiger partial charge on any atom is 0.259 e. The van der Waals surface area contributed by atoms with Gasteiger partial charge in [-0.25, -0.2) is 17.6 Å². The summed E-state index contributed by atoms with van der Waals surface area (Å²) in [5.74, 6) is -8.70. The van der Waals surface area contributed by atoms with E-state index in [0.29, 0.717) is 0 Å². The van der Waals surface area contributed by atoms with Gasteiger partial charge >= 0.3 is 0 Å². The summed E-state index contributed by atoms with van der Waals surface area (Å²) in [4.78, 5) is 13.4. The van der Waals surface area contributed by atoms with E-state index >= 15 is 0 Å². The fraction of sp³-hybridized carbons (Fsp3) is 0.235. The molecule has 0 unspecified atom stereocenters. The van der Waals surface area contributed by atoms with Gasteiger partial charge in [-0.1, -0.05) is 30.3 Å². The summed E-state index contributed by atoms with van der Waals surface area (Å²) in [6.07, 6.45) is 0. The quantitative estimate of drug-likeness (QED) is 0.454. The van der Waals surface area contributed by atoms with Crippen molar-refractivity contribution in [2.45, 2.75) is 11.6 Å². The van der Waals surface area contributed by atoms with Gasteiger partial charge in [0.05, 0.1) is 23.7 Å². The Morgan fingerprint density at radius 1 is 1.04 bits per heavy atom. The van der Waals surface area contributed by atoms with Gasteiger partial charge in [-0.05, 0) is 5.56 Å². The van der Waals surface area contributed by atoms with Gasteiger partial charge < -0.3 is 9.64 Å². The second-order valence-corrected chi connectivity index (χ2v) is 5.84. The number of rotatable bonds is 1. The van der Waals surface area contributed by atoms with Crippen LogP contribution in [0.3, 0.4) is 0 Å². The predicted octanol–water partition coefficient (Wildman–Crippen LogP) is 3.30. The summed E-state index contributed by atoms with van der Waals surface area (Å²) in [7, 11) is 1.30. The Morgan fingerprint density at radius 3 is 2.25 bits per heavy atom. The van der Waals surface area contributed by atoms with Crippen LogP contribution in [0.15, 0.2) is 30.3 Å². The zero-order valence-corrected chi connectivity index (χ0v) is 12.4. The van der Waals surface area contributed by atoms with Crippen molar-refractivity contribution in [2.24, 2.45) is 0 Å². The lowest BCUT2D eigenvalue weighted by molar-refractivity contribution is -0.241. The molecule has 2 heterocycles. The van der Waals surface area contributed by atoms with Crippen molar-refractivity contribution < 1.29 is 27.1 Å². The largest absolute Gasteiger partial charge is 0.349 e. The summed E-state index contributed by atoms with van der Waals surface area (Å²) in [5, 5.41) is 0. The van der Waals surface area contributed by atoms with E-state index in [1.165, 1.54) is 7.05 Å². The lowest BCUT2D eigenvalue weighted by Crippen LogP contribution is -2.57. The summed E-state index contributed by atoms with van der Waals surface area (Å²) >= 11 is 0. The Labute approximate surface area is 134 Å². The van der Waals surface area contributed by atoms with E-state index in [4.69, 9.17) is 4.74 Å². The zero-order valence-electron chi connectivity index (χ0n) is 12.4. The first-order valence-corrected chi connectivity index (χ1v) is 7.24. The zero-order chi connectivity index (χ0) is 17.2. The van der Waals surface area contributed by atoms with Gasteiger partial charge in [0.15, 0.2) is 29.0 Å². The molecule has 0 N–H and O–H groups in total.